The van der Waals surface area contributed by atoms with Gasteiger partial charge in [-0.05, 0) is 26.2 Å². The van der Waals surface area contributed by atoms with Gasteiger partial charge >= 0.3 is 6.03 Å². The zero-order chi connectivity index (χ0) is 9.68. The lowest BCUT2D eigenvalue weighted by Gasteiger charge is -2.25. The molecule has 0 aromatic heterocycles. The van der Waals surface area contributed by atoms with Gasteiger partial charge in [-0.25, -0.2) is 4.79 Å². The molecular weight excluding hydrogens is 164 g/mol. The summed E-state index contributed by atoms with van der Waals surface area (Å²) in [4.78, 5) is 11.1. The highest BCUT2D eigenvalue weighted by atomic mass is 16.2. The molecule has 76 valence electrons. The van der Waals surface area contributed by atoms with Crippen LogP contribution in [0.4, 0.5) is 4.79 Å². The Morgan fingerprint density at radius 2 is 2.15 bits per heavy atom. The van der Waals surface area contributed by atoms with Crippen LogP contribution in [0, 0.1) is 5.92 Å². The van der Waals surface area contributed by atoms with Crippen LogP contribution in [0.1, 0.15) is 39.5 Å². The lowest BCUT2D eigenvalue weighted by atomic mass is 9.83. The standard InChI is InChI=1S/C10H20N2O/c1-8(2)12-10(13)11-7-6-9-4-3-5-9/h8-9H,3-7H2,1-2H3,(H2,11,12,13). The predicted octanol–water partition coefficient (Wildman–Crippen LogP) is 1.88. The van der Waals surface area contributed by atoms with Gasteiger partial charge in [-0.1, -0.05) is 19.3 Å². The normalized spacial score (nSPS) is 16.8. The zero-order valence-electron chi connectivity index (χ0n) is 8.60. The quantitative estimate of drug-likeness (QED) is 0.688. The van der Waals surface area contributed by atoms with Crippen molar-refractivity contribution in [3.8, 4) is 0 Å². The second-order valence-corrected chi connectivity index (χ2v) is 4.14. The number of rotatable bonds is 4. The molecular formula is C10H20N2O. The van der Waals surface area contributed by atoms with Crippen molar-refractivity contribution >= 4 is 6.03 Å². The maximum atomic E-state index is 11.1. The molecule has 0 saturated heterocycles. The van der Waals surface area contributed by atoms with Gasteiger partial charge in [-0.15, -0.1) is 0 Å². The van der Waals surface area contributed by atoms with Crippen molar-refractivity contribution in [3.05, 3.63) is 0 Å². The van der Waals surface area contributed by atoms with Gasteiger partial charge in [0.25, 0.3) is 0 Å². The van der Waals surface area contributed by atoms with Gasteiger partial charge in [-0.3, -0.25) is 0 Å². The number of hydrogen-bond acceptors (Lipinski definition) is 1. The van der Waals surface area contributed by atoms with E-state index < -0.39 is 0 Å². The molecule has 0 radical (unpaired) electrons. The fourth-order valence-electron chi connectivity index (χ4n) is 1.48. The van der Waals surface area contributed by atoms with Crippen LogP contribution in [0.2, 0.25) is 0 Å². The van der Waals surface area contributed by atoms with Crippen molar-refractivity contribution in [1.29, 1.82) is 0 Å². The van der Waals surface area contributed by atoms with Gasteiger partial charge in [0.1, 0.15) is 0 Å². The molecule has 1 saturated carbocycles. The first-order chi connectivity index (χ1) is 6.18. The molecule has 3 heteroatoms. The number of amides is 2. The van der Waals surface area contributed by atoms with Crippen LogP contribution in [0.3, 0.4) is 0 Å². The summed E-state index contributed by atoms with van der Waals surface area (Å²) in [5, 5.41) is 5.67. The first-order valence-corrected chi connectivity index (χ1v) is 5.23. The number of carbonyl (C=O) groups is 1. The Morgan fingerprint density at radius 1 is 1.46 bits per heavy atom. The van der Waals surface area contributed by atoms with Gasteiger partial charge in [0, 0.05) is 12.6 Å². The van der Waals surface area contributed by atoms with Gasteiger partial charge in [0.05, 0.1) is 0 Å². The fourth-order valence-corrected chi connectivity index (χ4v) is 1.48. The minimum absolute atomic E-state index is 0.0330. The average Bonchev–Trinajstić information content (AvgIpc) is 1.92. The SMILES string of the molecule is CC(C)NC(=O)NCCC1CCC1. The highest BCUT2D eigenvalue weighted by Crippen LogP contribution is 2.28. The van der Waals surface area contributed by atoms with Crippen molar-refractivity contribution in [1.82, 2.24) is 10.6 Å². The first-order valence-electron chi connectivity index (χ1n) is 5.23. The van der Waals surface area contributed by atoms with E-state index in [-0.39, 0.29) is 12.1 Å². The minimum Gasteiger partial charge on any atom is -0.338 e. The molecule has 0 aliphatic heterocycles. The summed E-state index contributed by atoms with van der Waals surface area (Å²) in [6.07, 6.45) is 5.23. The van der Waals surface area contributed by atoms with Crippen LogP contribution in [0.15, 0.2) is 0 Å². The predicted molar refractivity (Wildman–Crippen MR) is 53.6 cm³/mol. The van der Waals surface area contributed by atoms with E-state index in [2.05, 4.69) is 10.6 Å². The molecule has 0 unspecified atom stereocenters. The molecule has 1 rings (SSSR count). The number of hydrogen-bond donors (Lipinski definition) is 2. The molecule has 3 nitrogen and oxygen atoms in total. The third-order valence-electron chi connectivity index (χ3n) is 2.48. The highest BCUT2D eigenvalue weighted by Gasteiger charge is 2.16. The molecule has 2 amide bonds. The summed E-state index contributed by atoms with van der Waals surface area (Å²) in [6.45, 7) is 4.75. The van der Waals surface area contributed by atoms with Crippen LogP contribution in [-0.2, 0) is 0 Å². The molecule has 13 heavy (non-hydrogen) atoms. The van der Waals surface area contributed by atoms with Crippen LogP contribution >= 0.6 is 0 Å². The van der Waals surface area contributed by atoms with Crippen LogP contribution < -0.4 is 10.6 Å². The van der Waals surface area contributed by atoms with E-state index in [0.717, 1.165) is 18.9 Å². The number of urea groups is 1. The van der Waals surface area contributed by atoms with E-state index in [9.17, 15) is 4.79 Å². The third kappa shape index (κ3) is 4.15. The van der Waals surface area contributed by atoms with Crippen molar-refractivity contribution in [2.75, 3.05) is 6.54 Å². The Labute approximate surface area is 80.3 Å². The molecule has 1 aliphatic rings. The summed E-state index contributed by atoms with van der Waals surface area (Å²) in [7, 11) is 0. The summed E-state index contributed by atoms with van der Waals surface area (Å²) in [5.41, 5.74) is 0. The van der Waals surface area contributed by atoms with Gasteiger partial charge in [0.2, 0.25) is 0 Å². The molecule has 1 fully saturated rings. The van der Waals surface area contributed by atoms with E-state index in [1.54, 1.807) is 0 Å². The van der Waals surface area contributed by atoms with Crippen LogP contribution in [0.5, 0.6) is 0 Å². The maximum Gasteiger partial charge on any atom is 0.314 e. The fraction of sp³-hybridized carbons (Fsp3) is 0.900. The van der Waals surface area contributed by atoms with Crippen LogP contribution in [-0.4, -0.2) is 18.6 Å². The van der Waals surface area contributed by atoms with Gasteiger partial charge < -0.3 is 10.6 Å². The Bertz CT molecular complexity index is 164. The maximum absolute atomic E-state index is 11.1. The van der Waals surface area contributed by atoms with E-state index in [4.69, 9.17) is 0 Å². The smallest absolute Gasteiger partial charge is 0.314 e. The zero-order valence-corrected chi connectivity index (χ0v) is 8.60. The molecule has 0 atom stereocenters. The Balaban J connectivity index is 1.94. The molecule has 0 bridgehead atoms. The molecule has 2 N–H and O–H groups in total. The summed E-state index contributed by atoms with van der Waals surface area (Å²) in [6, 6.07) is 0.193. The van der Waals surface area contributed by atoms with Crippen LogP contribution in [0.25, 0.3) is 0 Å². The summed E-state index contributed by atoms with van der Waals surface area (Å²) in [5.74, 6) is 0.874. The molecule has 0 heterocycles. The van der Waals surface area contributed by atoms with Crippen molar-refractivity contribution in [2.45, 2.75) is 45.6 Å². The number of nitrogens with one attached hydrogen (secondary N) is 2. The van der Waals surface area contributed by atoms with E-state index in [0.29, 0.717) is 0 Å². The second-order valence-electron chi connectivity index (χ2n) is 4.14. The number of carbonyl (C=O) groups excluding carboxylic acids is 1. The molecule has 0 spiro atoms. The monoisotopic (exact) mass is 184 g/mol. The third-order valence-corrected chi connectivity index (χ3v) is 2.48. The Kier molecular flexibility index (Phi) is 4.06. The highest BCUT2D eigenvalue weighted by molar-refractivity contribution is 5.73. The van der Waals surface area contributed by atoms with Gasteiger partial charge in [0.15, 0.2) is 0 Å². The lowest BCUT2D eigenvalue weighted by molar-refractivity contribution is 0.234. The molecule has 0 aromatic rings. The first kappa shape index (κ1) is 10.4. The second kappa shape index (κ2) is 5.10. The summed E-state index contributed by atoms with van der Waals surface area (Å²) >= 11 is 0. The van der Waals surface area contributed by atoms with Crippen molar-refractivity contribution in [3.63, 3.8) is 0 Å². The van der Waals surface area contributed by atoms with E-state index in [1.165, 1.54) is 19.3 Å². The van der Waals surface area contributed by atoms with E-state index in [1.807, 2.05) is 13.8 Å². The lowest BCUT2D eigenvalue weighted by Crippen LogP contribution is -2.40. The molecule has 0 aromatic carbocycles. The molecule has 1 aliphatic carbocycles. The summed E-state index contributed by atoms with van der Waals surface area (Å²) < 4.78 is 0. The van der Waals surface area contributed by atoms with Crippen molar-refractivity contribution in [2.24, 2.45) is 5.92 Å². The Morgan fingerprint density at radius 3 is 2.62 bits per heavy atom. The topological polar surface area (TPSA) is 41.1 Å². The largest absolute Gasteiger partial charge is 0.338 e. The van der Waals surface area contributed by atoms with E-state index >= 15 is 0 Å². The van der Waals surface area contributed by atoms with Gasteiger partial charge in [-0.2, -0.15) is 0 Å². The minimum atomic E-state index is -0.0330. The average molecular weight is 184 g/mol. The van der Waals surface area contributed by atoms with Crippen molar-refractivity contribution < 1.29 is 4.79 Å². The Hall–Kier alpha value is -0.730.